The lowest BCUT2D eigenvalue weighted by Gasteiger charge is -2.35. The van der Waals surface area contributed by atoms with E-state index in [4.69, 9.17) is 0 Å². The number of thiophene rings is 2. The molecule has 1 saturated heterocycles. The van der Waals surface area contributed by atoms with Crippen LogP contribution in [0.4, 0.5) is 0 Å². The number of likely N-dealkylation sites (tertiary alicyclic amines) is 1. The van der Waals surface area contributed by atoms with Crippen molar-refractivity contribution in [2.45, 2.75) is 39.8 Å². The first kappa shape index (κ1) is 19.1. The Hall–Kier alpha value is -1.66. The summed E-state index contributed by atoms with van der Waals surface area (Å²) in [4.78, 5) is 31.7. The van der Waals surface area contributed by atoms with Crippen molar-refractivity contribution in [3.63, 3.8) is 0 Å². The third-order valence-corrected chi connectivity index (χ3v) is 6.54. The predicted molar refractivity (Wildman–Crippen MR) is 107 cm³/mol. The molecule has 0 saturated carbocycles. The highest BCUT2D eigenvalue weighted by molar-refractivity contribution is 7.10. The maximum Gasteiger partial charge on any atom is 0.226 e. The maximum absolute atomic E-state index is 13.2. The smallest absolute Gasteiger partial charge is 0.226 e. The van der Waals surface area contributed by atoms with Crippen molar-refractivity contribution in [2.24, 2.45) is 11.8 Å². The highest BCUT2D eigenvalue weighted by atomic mass is 32.1. The predicted octanol–water partition coefficient (Wildman–Crippen LogP) is 4.23. The molecule has 0 radical (unpaired) electrons. The Kier molecular flexibility index (Phi) is 6.48. The van der Waals surface area contributed by atoms with Crippen LogP contribution in [-0.2, 0) is 22.7 Å². The van der Waals surface area contributed by atoms with E-state index in [9.17, 15) is 9.59 Å². The number of rotatable bonds is 6. The van der Waals surface area contributed by atoms with Gasteiger partial charge in [-0.3, -0.25) is 9.59 Å². The molecule has 0 aliphatic carbocycles. The first-order chi connectivity index (χ1) is 12.5. The summed E-state index contributed by atoms with van der Waals surface area (Å²) in [7, 11) is 0. The molecule has 0 N–H and O–H groups in total. The topological polar surface area (TPSA) is 40.6 Å². The first-order valence-electron chi connectivity index (χ1n) is 9.17. The number of amides is 2. The molecule has 2 aromatic rings. The largest absolute Gasteiger partial charge is 0.342 e. The fourth-order valence-corrected chi connectivity index (χ4v) is 4.80. The van der Waals surface area contributed by atoms with Gasteiger partial charge in [0.05, 0.1) is 13.1 Å². The molecule has 0 atom stereocenters. The maximum atomic E-state index is 13.2. The molecular formula is C20H26N2O2S2. The van der Waals surface area contributed by atoms with Gasteiger partial charge in [-0.15, -0.1) is 22.7 Å². The lowest BCUT2D eigenvalue weighted by Crippen LogP contribution is -2.45. The molecule has 0 aromatic carbocycles. The van der Waals surface area contributed by atoms with E-state index < -0.39 is 0 Å². The number of piperidine rings is 1. The minimum absolute atomic E-state index is 0.0196. The molecule has 0 spiro atoms. The molecular weight excluding hydrogens is 364 g/mol. The van der Waals surface area contributed by atoms with Gasteiger partial charge in [0.1, 0.15) is 0 Å². The van der Waals surface area contributed by atoms with Crippen molar-refractivity contribution in [3.8, 4) is 0 Å². The van der Waals surface area contributed by atoms with Gasteiger partial charge in [0.2, 0.25) is 11.8 Å². The van der Waals surface area contributed by atoms with Gasteiger partial charge < -0.3 is 9.80 Å². The van der Waals surface area contributed by atoms with Crippen LogP contribution in [0.25, 0.3) is 0 Å². The van der Waals surface area contributed by atoms with Gasteiger partial charge in [-0.05, 0) is 35.7 Å². The average molecular weight is 391 g/mol. The molecule has 0 bridgehead atoms. The fourth-order valence-electron chi connectivity index (χ4n) is 3.36. The average Bonchev–Trinajstić information content (AvgIpc) is 3.34. The van der Waals surface area contributed by atoms with E-state index in [-0.39, 0.29) is 23.7 Å². The molecule has 1 aliphatic heterocycles. The zero-order valence-electron chi connectivity index (χ0n) is 15.4. The van der Waals surface area contributed by atoms with Crippen LogP contribution in [-0.4, -0.2) is 34.7 Å². The number of carbonyl (C=O) groups excluding carboxylic acids is 2. The Morgan fingerprint density at radius 1 is 1.08 bits per heavy atom. The molecule has 2 amide bonds. The van der Waals surface area contributed by atoms with Crippen LogP contribution in [0.3, 0.4) is 0 Å². The summed E-state index contributed by atoms with van der Waals surface area (Å²) in [6.07, 6.45) is 1.53. The van der Waals surface area contributed by atoms with Crippen molar-refractivity contribution < 1.29 is 9.59 Å². The van der Waals surface area contributed by atoms with Crippen LogP contribution in [0, 0.1) is 11.8 Å². The Balaban J connectivity index is 1.64. The minimum Gasteiger partial charge on any atom is -0.342 e. The number of nitrogens with zero attached hydrogens (tertiary/aromatic N) is 2. The first-order valence-corrected chi connectivity index (χ1v) is 10.9. The second kappa shape index (κ2) is 8.82. The molecule has 3 rings (SSSR count). The second-order valence-corrected chi connectivity index (χ2v) is 9.17. The zero-order valence-corrected chi connectivity index (χ0v) is 17.0. The van der Waals surface area contributed by atoms with E-state index in [0.29, 0.717) is 26.2 Å². The van der Waals surface area contributed by atoms with Crippen molar-refractivity contribution in [2.75, 3.05) is 13.1 Å². The summed E-state index contributed by atoms with van der Waals surface area (Å²) < 4.78 is 0. The fraction of sp³-hybridized carbons (Fsp3) is 0.500. The molecule has 1 aliphatic rings. The molecule has 0 unspecified atom stereocenters. The lowest BCUT2D eigenvalue weighted by atomic mass is 9.94. The summed E-state index contributed by atoms with van der Waals surface area (Å²) in [5.74, 6) is 0.468. The Labute approximate surface area is 163 Å². The summed E-state index contributed by atoms with van der Waals surface area (Å²) >= 11 is 3.38. The van der Waals surface area contributed by atoms with Crippen molar-refractivity contribution >= 4 is 34.5 Å². The molecule has 3 heterocycles. The van der Waals surface area contributed by atoms with Crippen LogP contribution >= 0.6 is 22.7 Å². The van der Waals surface area contributed by atoms with Crippen molar-refractivity contribution in [1.29, 1.82) is 0 Å². The quantitative estimate of drug-likeness (QED) is 0.740. The second-order valence-electron chi connectivity index (χ2n) is 7.11. The van der Waals surface area contributed by atoms with E-state index in [2.05, 4.69) is 22.9 Å². The SMILES string of the molecule is CC(C)C(=O)N1CCC(C(=O)N(Cc2cccs2)Cc2cccs2)CC1. The third-order valence-electron chi connectivity index (χ3n) is 4.82. The van der Waals surface area contributed by atoms with Crippen molar-refractivity contribution in [3.05, 3.63) is 44.8 Å². The standard InChI is InChI=1S/C20H26N2O2S2/c1-15(2)19(23)21-9-7-16(8-10-21)20(24)22(13-17-5-3-11-25-17)14-18-6-4-12-26-18/h3-6,11-12,15-16H,7-10,13-14H2,1-2H3. The normalized spacial score (nSPS) is 15.4. The van der Waals surface area contributed by atoms with Crippen LogP contribution in [0.15, 0.2) is 35.0 Å². The van der Waals surface area contributed by atoms with Crippen LogP contribution in [0.2, 0.25) is 0 Å². The van der Waals surface area contributed by atoms with Gasteiger partial charge in [-0.2, -0.15) is 0 Å². The Morgan fingerprint density at radius 3 is 2.04 bits per heavy atom. The van der Waals surface area contributed by atoms with E-state index in [1.165, 1.54) is 9.75 Å². The van der Waals surface area contributed by atoms with Crippen LogP contribution in [0.1, 0.15) is 36.4 Å². The molecule has 1 fully saturated rings. The zero-order chi connectivity index (χ0) is 18.5. The summed E-state index contributed by atoms with van der Waals surface area (Å²) in [5, 5.41) is 4.11. The molecule has 140 valence electrons. The van der Waals surface area contributed by atoms with Gasteiger partial charge in [0.25, 0.3) is 0 Å². The summed E-state index contributed by atoms with van der Waals surface area (Å²) in [6, 6.07) is 8.24. The minimum atomic E-state index is 0.0196. The van der Waals surface area contributed by atoms with E-state index in [1.54, 1.807) is 22.7 Å². The Morgan fingerprint density at radius 2 is 1.62 bits per heavy atom. The van der Waals surface area contributed by atoms with E-state index in [0.717, 1.165) is 12.8 Å². The van der Waals surface area contributed by atoms with Crippen molar-refractivity contribution in [1.82, 2.24) is 9.80 Å². The van der Waals surface area contributed by atoms with Crippen LogP contribution in [0.5, 0.6) is 0 Å². The Bertz CT molecular complexity index is 666. The van der Waals surface area contributed by atoms with E-state index in [1.807, 2.05) is 35.8 Å². The summed E-state index contributed by atoms with van der Waals surface area (Å²) in [5.41, 5.74) is 0. The number of carbonyl (C=O) groups is 2. The van der Waals surface area contributed by atoms with Gasteiger partial charge in [-0.1, -0.05) is 26.0 Å². The van der Waals surface area contributed by atoms with E-state index >= 15 is 0 Å². The molecule has 6 heteroatoms. The number of hydrogen-bond acceptors (Lipinski definition) is 4. The molecule has 2 aromatic heterocycles. The highest BCUT2D eigenvalue weighted by Crippen LogP contribution is 2.25. The van der Waals surface area contributed by atoms with Gasteiger partial charge >= 0.3 is 0 Å². The lowest BCUT2D eigenvalue weighted by molar-refractivity contribution is -0.142. The highest BCUT2D eigenvalue weighted by Gasteiger charge is 2.31. The third kappa shape index (κ3) is 4.74. The van der Waals surface area contributed by atoms with Gasteiger partial charge in [-0.25, -0.2) is 0 Å². The monoisotopic (exact) mass is 390 g/mol. The molecule has 4 nitrogen and oxygen atoms in total. The molecule has 26 heavy (non-hydrogen) atoms. The van der Waals surface area contributed by atoms with Gasteiger partial charge in [0.15, 0.2) is 0 Å². The van der Waals surface area contributed by atoms with Crippen LogP contribution < -0.4 is 0 Å². The summed E-state index contributed by atoms with van der Waals surface area (Å²) in [6.45, 7) is 6.59. The van der Waals surface area contributed by atoms with Gasteiger partial charge in [0, 0.05) is 34.7 Å². The number of hydrogen-bond donors (Lipinski definition) is 0.